The first-order valence-electron chi connectivity index (χ1n) is 6.65. The summed E-state index contributed by atoms with van der Waals surface area (Å²) in [5.41, 5.74) is 2.81. The van der Waals surface area contributed by atoms with Crippen LogP contribution in [0.1, 0.15) is 10.4 Å². The van der Waals surface area contributed by atoms with Crippen LogP contribution in [-0.4, -0.2) is 0 Å². The first kappa shape index (κ1) is 13.5. The van der Waals surface area contributed by atoms with Crippen LogP contribution in [0.25, 0.3) is 33.4 Å². The van der Waals surface area contributed by atoms with Crippen molar-refractivity contribution in [3.8, 4) is 11.1 Å². The van der Waals surface area contributed by atoms with Crippen molar-refractivity contribution in [2.45, 2.75) is 0 Å². The summed E-state index contributed by atoms with van der Waals surface area (Å²) in [6, 6.07) is 16.1. The Kier molecular flexibility index (Phi) is 3.55. The molecule has 21 heavy (non-hydrogen) atoms. The Morgan fingerprint density at radius 3 is 2.33 bits per heavy atom. The molecule has 2 aromatic carbocycles. The van der Waals surface area contributed by atoms with E-state index in [0.717, 1.165) is 26.1 Å². The van der Waals surface area contributed by atoms with E-state index in [1.807, 2.05) is 48.5 Å². The standard InChI is InChI=1S/C19H14OS/c1-3-15-17(4-2)21-18-11-10-14(12-16(18)19(15)20)13-8-6-5-7-9-13/h3-12H,1-2H2. The third-order valence-electron chi connectivity index (χ3n) is 3.45. The minimum absolute atomic E-state index is 0.0198. The zero-order valence-electron chi connectivity index (χ0n) is 11.5. The number of hydrogen-bond acceptors (Lipinski definition) is 2. The average molecular weight is 290 g/mol. The Labute approximate surface area is 127 Å². The molecule has 0 amide bonds. The molecule has 1 heterocycles. The summed E-state index contributed by atoms with van der Waals surface area (Å²) in [6.07, 6.45) is 3.33. The van der Waals surface area contributed by atoms with Gasteiger partial charge < -0.3 is 0 Å². The molecule has 0 atom stereocenters. The van der Waals surface area contributed by atoms with Crippen LogP contribution in [0.4, 0.5) is 0 Å². The van der Waals surface area contributed by atoms with E-state index < -0.39 is 0 Å². The van der Waals surface area contributed by atoms with Crippen LogP contribution < -0.4 is 5.43 Å². The molecule has 3 rings (SSSR count). The van der Waals surface area contributed by atoms with Gasteiger partial charge in [0.15, 0.2) is 5.43 Å². The monoisotopic (exact) mass is 290 g/mol. The molecule has 0 aliphatic heterocycles. The highest BCUT2D eigenvalue weighted by molar-refractivity contribution is 7.19. The summed E-state index contributed by atoms with van der Waals surface area (Å²) in [5, 5.41) is 0.738. The van der Waals surface area contributed by atoms with Crippen molar-refractivity contribution in [1.29, 1.82) is 0 Å². The molecule has 0 aliphatic carbocycles. The molecule has 3 aromatic rings. The van der Waals surface area contributed by atoms with Crippen LogP contribution in [-0.2, 0) is 0 Å². The van der Waals surface area contributed by atoms with Gasteiger partial charge in [-0.1, -0.05) is 61.7 Å². The van der Waals surface area contributed by atoms with Crippen molar-refractivity contribution in [1.82, 2.24) is 0 Å². The topological polar surface area (TPSA) is 17.1 Å². The predicted octanol–water partition coefficient (Wildman–Crippen LogP) is 5.21. The van der Waals surface area contributed by atoms with Crippen molar-refractivity contribution in [2.24, 2.45) is 0 Å². The molecule has 2 heteroatoms. The maximum Gasteiger partial charge on any atom is 0.195 e. The lowest BCUT2D eigenvalue weighted by molar-refractivity contribution is 1.62. The van der Waals surface area contributed by atoms with Crippen molar-refractivity contribution in [2.75, 3.05) is 0 Å². The van der Waals surface area contributed by atoms with E-state index >= 15 is 0 Å². The first-order chi connectivity index (χ1) is 10.2. The molecule has 0 unspecified atom stereocenters. The van der Waals surface area contributed by atoms with E-state index in [1.165, 1.54) is 0 Å². The Morgan fingerprint density at radius 1 is 0.905 bits per heavy atom. The van der Waals surface area contributed by atoms with E-state index in [0.29, 0.717) is 5.56 Å². The van der Waals surface area contributed by atoms with Gasteiger partial charge in [0, 0.05) is 20.5 Å². The Balaban J connectivity index is 2.32. The zero-order chi connectivity index (χ0) is 14.8. The highest BCUT2D eigenvalue weighted by atomic mass is 32.1. The van der Waals surface area contributed by atoms with Gasteiger partial charge in [0.1, 0.15) is 0 Å². The number of hydrogen-bond donors (Lipinski definition) is 0. The van der Waals surface area contributed by atoms with Crippen LogP contribution in [0.3, 0.4) is 0 Å². The molecular weight excluding hydrogens is 276 g/mol. The third-order valence-corrected chi connectivity index (χ3v) is 4.63. The van der Waals surface area contributed by atoms with E-state index in [2.05, 4.69) is 13.2 Å². The first-order valence-corrected chi connectivity index (χ1v) is 7.47. The highest BCUT2D eigenvalue weighted by Gasteiger charge is 2.09. The minimum atomic E-state index is 0.0198. The molecule has 0 bridgehead atoms. The van der Waals surface area contributed by atoms with Crippen LogP contribution >= 0.6 is 11.3 Å². The Hall–Kier alpha value is -2.45. The highest BCUT2D eigenvalue weighted by Crippen LogP contribution is 2.28. The number of fused-ring (bicyclic) bond motifs is 1. The SMILES string of the molecule is C=Cc1sc2ccc(-c3ccccc3)cc2c(=O)c1C=C. The van der Waals surface area contributed by atoms with Crippen LogP contribution in [0.15, 0.2) is 66.5 Å². The lowest BCUT2D eigenvalue weighted by Gasteiger charge is -2.06. The minimum Gasteiger partial charge on any atom is -0.289 e. The van der Waals surface area contributed by atoms with E-state index in [1.54, 1.807) is 23.5 Å². The molecule has 102 valence electrons. The fourth-order valence-electron chi connectivity index (χ4n) is 2.38. The van der Waals surface area contributed by atoms with Gasteiger partial charge in [0.25, 0.3) is 0 Å². The molecule has 0 saturated heterocycles. The summed E-state index contributed by atoms with van der Waals surface area (Å²) in [5.74, 6) is 0. The van der Waals surface area contributed by atoms with Crippen molar-refractivity contribution in [3.63, 3.8) is 0 Å². The molecule has 0 fully saturated rings. The zero-order valence-corrected chi connectivity index (χ0v) is 12.3. The maximum absolute atomic E-state index is 12.6. The third kappa shape index (κ3) is 2.34. The van der Waals surface area contributed by atoms with Gasteiger partial charge in [-0.3, -0.25) is 4.79 Å². The quantitative estimate of drug-likeness (QED) is 0.646. The van der Waals surface area contributed by atoms with Gasteiger partial charge in [-0.05, 0) is 23.3 Å². The fraction of sp³-hybridized carbons (Fsp3) is 0. The predicted molar refractivity (Wildman–Crippen MR) is 93.7 cm³/mol. The van der Waals surface area contributed by atoms with E-state index in [4.69, 9.17) is 0 Å². The van der Waals surface area contributed by atoms with Gasteiger partial charge >= 0.3 is 0 Å². The lowest BCUT2D eigenvalue weighted by Crippen LogP contribution is -2.06. The summed E-state index contributed by atoms with van der Waals surface area (Å²) in [7, 11) is 0. The van der Waals surface area contributed by atoms with Crippen LogP contribution in [0.5, 0.6) is 0 Å². The summed E-state index contributed by atoms with van der Waals surface area (Å²) in [6.45, 7) is 7.52. The second kappa shape index (κ2) is 5.51. The maximum atomic E-state index is 12.6. The van der Waals surface area contributed by atoms with Gasteiger partial charge in [-0.15, -0.1) is 11.3 Å². The van der Waals surface area contributed by atoms with E-state index in [-0.39, 0.29) is 5.43 Å². The average Bonchev–Trinajstić information content (AvgIpc) is 2.55. The van der Waals surface area contributed by atoms with E-state index in [9.17, 15) is 4.79 Å². The van der Waals surface area contributed by atoms with Crippen molar-refractivity contribution >= 4 is 33.6 Å². The molecule has 1 aromatic heterocycles. The van der Waals surface area contributed by atoms with Gasteiger partial charge in [0.05, 0.1) is 0 Å². The summed E-state index contributed by atoms with van der Waals surface area (Å²) in [4.78, 5) is 13.5. The summed E-state index contributed by atoms with van der Waals surface area (Å²) < 4.78 is 0.972. The molecular formula is C19H14OS. The van der Waals surface area contributed by atoms with Crippen molar-refractivity contribution in [3.05, 3.63) is 82.4 Å². The summed E-state index contributed by atoms with van der Waals surface area (Å²) >= 11 is 1.57. The smallest absolute Gasteiger partial charge is 0.195 e. The second-order valence-electron chi connectivity index (χ2n) is 4.69. The van der Waals surface area contributed by atoms with Crippen LogP contribution in [0.2, 0.25) is 0 Å². The molecule has 0 spiro atoms. The van der Waals surface area contributed by atoms with Crippen molar-refractivity contribution < 1.29 is 0 Å². The largest absolute Gasteiger partial charge is 0.289 e. The van der Waals surface area contributed by atoms with Crippen LogP contribution in [0, 0.1) is 0 Å². The lowest BCUT2D eigenvalue weighted by atomic mass is 10.0. The molecule has 0 radical (unpaired) electrons. The molecule has 0 N–H and O–H groups in total. The fourth-order valence-corrected chi connectivity index (χ4v) is 3.39. The molecule has 0 aliphatic rings. The molecule has 1 nitrogen and oxygen atoms in total. The second-order valence-corrected chi connectivity index (χ2v) is 5.78. The number of rotatable bonds is 3. The molecule has 0 saturated carbocycles. The Morgan fingerprint density at radius 2 is 1.67 bits per heavy atom. The Bertz CT molecular complexity index is 889. The van der Waals surface area contributed by atoms with Gasteiger partial charge in [-0.25, -0.2) is 0 Å². The van der Waals surface area contributed by atoms with Gasteiger partial charge in [-0.2, -0.15) is 0 Å². The number of benzene rings is 2. The van der Waals surface area contributed by atoms with Gasteiger partial charge in [0.2, 0.25) is 0 Å². The normalized spacial score (nSPS) is 10.5.